The fourth-order valence-corrected chi connectivity index (χ4v) is 10.3. The molecular weight excluding hydrogens is 837 g/mol. The first-order valence-corrected chi connectivity index (χ1v) is 23.5. The van der Waals surface area contributed by atoms with E-state index in [0.717, 1.165) is 132 Å². The first-order chi connectivity index (χ1) is 29.2. The van der Waals surface area contributed by atoms with Crippen molar-refractivity contribution in [3.63, 3.8) is 0 Å². The largest absolute Gasteiger partial charge is 0.354 e. The molecule has 60 heavy (non-hydrogen) atoms. The molecule has 3 N–H and O–H groups in total. The number of hydrogen-bond acceptors (Lipinski definition) is 20. The van der Waals surface area contributed by atoms with Crippen LogP contribution in [-0.2, 0) is 4.79 Å². The zero-order valence-electron chi connectivity index (χ0n) is 33.9. The smallest absolute Gasteiger partial charge is 0.245 e. The number of rotatable bonds is 11. The molecule has 8 rings (SSSR count). The highest BCUT2D eigenvalue weighted by Crippen LogP contribution is 2.33. The molecule has 0 bridgehead atoms. The molecule has 316 valence electrons. The lowest BCUT2D eigenvalue weighted by atomic mass is 10.1. The molecular formula is C39H50N16OS4. The Morgan fingerprint density at radius 1 is 0.733 bits per heavy atom. The minimum atomic E-state index is -0.00608. The Bertz CT molecular complexity index is 2140. The topological polar surface area (TPSA) is 194 Å². The summed E-state index contributed by atoms with van der Waals surface area (Å²) < 4.78 is 0. The Kier molecular flexibility index (Phi) is 15.4. The van der Waals surface area contributed by atoms with Crippen LogP contribution in [0.5, 0.6) is 0 Å². The van der Waals surface area contributed by atoms with Gasteiger partial charge in [-0.2, -0.15) is 10.5 Å². The SMILES string of the molecule is C=CC(=O)N1CCC(Sc2nc(Nc3ncc(C#N)s3)cc(N3CCN(C)CC3)n2)CC1.CN1CCN(c2cc(Nc3ncc(C#N)s3)nc(SC3CCNCC3)n2)CC1. The number of aromatic nitrogens is 6. The molecule has 0 aromatic carbocycles. The van der Waals surface area contributed by atoms with Crippen molar-refractivity contribution in [1.29, 1.82) is 10.5 Å². The summed E-state index contributed by atoms with van der Waals surface area (Å²) in [5, 5.41) is 31.8. The third kappa shape index (κ3) is 12.2. The summed E-state index contributed by atoms with van der Waals surface area (Å²) in [4.78, 5) is 51.8. The third-order valence-electron chi connectivity index (χ3n) is 10.5. The fourth-order valence-electron chi connectivity index (χ4n) is 6.98. The highest BCUT2D eigenvalue weighted by atomic mass is 32.2. The number of carbonyl (C=O) groups excluding carboxylic acids is 1. The van der Waals surface area contributed by atoms with E-state index in [4.69, 9.17) is 30.5 Å². The van der Waals surface area contributed by atoms with Gasteiger partial charge < -0.3 is 40.4 Å². The molecule has 8 heterocycles. The van der Waals surface area contributed by atoms with Gasteiger partial charge in [-0.3, -0.25) is 4.79 Å². The molecule has 21 heteroatoms. The Morgan fingerprint density at radius 3 is 1.60 bits per heavy atom. The average molecular weight is 887 g/mol. The highest BCUT2D eigenvalue weighted by molar-refractivity contribution is 8.00. The summed E-state index contributed by atoms with van der Waals surface area (Å²) >= 11 is 6.07. The minimum Gasteiger partial charge on any atom is -0.354 e. The number of nitrogens with zero attached hydrogens (tertiary/aromatic N) is 13. The summed E-state index contributed by atoms with van der Waals surface area (Å²) in [7, 11) is 4.28. The number of nitriles is 2. The van der Waals surface area contributed by atoms with Crippen molar-refractivity contribution in [2.45, 2.75) is 46.5 Å². The Morgan fingerprint density at radius 2 is 1.18 bits per heavy atom. The number of thioether (sulfide) groups is 2. The molecule has 17 nitrogen and oxygen atoms in total. The number of piperidine rings is 2. The summed E-state index contributed by atoms with van der Waals surface area (Å²) in [5.74, 6) is 3.26. The van der Waals surface area contributed by atoms with E-state index in [1.165, 1.54) is 28.7 Å². The van der Waals surface area contributed by atoms with E-state index in [1.807, 2.05) is 17.0 Å². The molecule has 1 amide bonds. The quantitative estimate of drug-likeness (QED) is 0.138. The number of likely N-dealkylation sites (tertiary alicyclic amines) is 1. The third-order valence-corrected chi connectivity index (χ3v) is 14.5. The Balaban J connectivity index is 0.000000183. The number of likely N-dealkylation sites (N-methyl/N-ethyl adjacent to an activating group) is 2. The van der Waals surface area contributed by atoms with Crippen molar-refractivity contribution < 1.29 is 4.79 Å². The van der Waals surface area contributed by atoms with Gasteiger partial charge in [0.25, 0.3) is 0 Å². The van der Waals surface area contributed by atoms with Crippen LogP contribution in [0, 0.1) is 22.7 Å². The number of thiazole rings is 2. The zero-order chi connectivity index (χ0) is 41.8. The molecule has 4 saturated heterocycles. The van der Waals surface area contributed by atoms with E-state index in [2.05, 4.69) is 78.3 Å². The molecule has 0 unspecified atom stereocenters. The fraction of sp³-hybridized carbons (Fsp3) is 0.513. The van der Waals surface area contributed by atoms with Crippen LogP contribution < -0.4 is 25.8 Å². The number of anilines is 6. The minimum absolute atomic E-state index is 0.00608. The van der Waals surface area contributed by atoms with E-state index >= 15 is 0 Å². The molecule has 4 aliphatic heterocycles. The number of hydrogen-bond donors (Lipinski definition) is 3. The van der Waals surface area contributed by atoms with Crippen molar-refractivity contribution in [3.05, 3.63) is 46.9 Å². The number of nitrogens with one attached hydrogen (secondary N) is 3. The molecule has 4 aromatic heterocycles. The normalized spacial score (nSPS) is 18.2. The van der Waals surface area contributed by atoms with Crippen LogP contribution in [0.3, 0.4) is 0 Å². The molecule has 4 fully saturated rings. The molecule has 0 atom stereocenters. The van der Waals surface area contributed by atoms with Crippen molar-refractivity contribution in [1.82, 2.24) is 49.9 Å². The molecule has 0 radical (unpaired) electrons. The summed E-state index contributed by atoms with van der Waals surface area (Å²) in [6.45, 7) is 14.9. The standard InChI is InChI=1S/C21H26N8OS2.C18H24N8S2/c1-3-19(30)29-6-4-15(5-7-29)31-21-25-17(24-20-23-14-16(13-22)32-20)12-18(26-21)28-10-8-27(2)9-11-28;1-25-6-8-26(9-7-25)16-10-15(22-17-21-12-14(11-19)28-17)23-18(24-16)27-13-2-4-20-5-3-13/h3,12,14-15H,1,4-11H2,2H3,(H,23,24,25,26);10,12-13,20H,2-9H2,1H3,(H,21,22,23,24). The first kappa shape index (κ1) is 43.5. The lowest BCUT2D eigenvalue weighted by molar-refractivity contribution is -0.126. The second-order valence-electron chi connectivity index (χ2n) is 14.8. The summed E-state index contributed by atoms with van der Waals surface area (Å²) in [5.41, 5.74) is 0. The van der Waals surface area contributed by atoms with E-state index < -0.39 is 0 Å². The van der Waals surface area contributed by atoms with Gasteiger partial charge in [0.15, 0.2) is 20.6 Å². The van der Waals surface area contributed by atoms with Crippen LogP contribution in [0.25, 0.3) is 0 Å². The maximum atomic E-state index is 11.9. The van der Waals surface area contributed by atoms with Gasteiger partial charge in [-0.15, -0.1) is 0 Å². The maximum absolute atomic E-state index is 11.9. The first-order valence-electron chi connectivity index (χ1n) is 20.1. The molecule has 0 spiro atoms. The van der Waals surface area contributed by atoms with Crippen molar-refractivity contribution in [3.8, 4) is 12.1 Å². The predicted molar refractivity (Wildman–Crippen MR) is 241 cm³/mol. The second-order valence-corrected chi connectivity index (χ2v) is 19.4. The van der Waals surface area contributed by atoms with E-state index in [0.29, 0.717) is 36.3 Å². The van der Waals surface area contributed by atoms with Crippen LogP contribution in [0.4, 0.5) is 33.5 Å². The lowest BCUT2D eigenvalue weighted by Gasteiger charge is -2.33. The van der Waals surface area contributed by atoms with Crippen LogP contribution >= 0.6 is 46.2 Å². The van der Waals surface area contributed by atoms with Crippen LogP contribution in [0.2, 0.25) is 0 Å². The van der Waals surface area contributed by atoms with E-state index in [-0.39, 0.29) is 5.91 Å². The summed E-state index contributed by atoms with van der Waals surface area (Å²) in [6, 6.07) is 8.18. The van der Waals surface area contributed by atoms with Gasteiger partial charge in [-0.05, 0) is 58.9 Å². The van der Waals surface area contributed by atoms with Gasteiger partial charge in [0.05, 0.1) is 12.4 Å². The molecule has 0 aliphatic carbocycles. The van der Waals surface area contributed by atoms with Crippen molar-refractivity contribution >= 4 is 85.6 Å². The predicted octanol–water partition coefficient (Wildman–Crippen LogP) is 4.71. The molecule has 4 aromatic rings. The molecule has 0 saturated carbocycles. The van der Waals surface area contributed by atoms with Gasteiger partial charge in [0.2, 0.25) is 5.91 Å². The lowest BCUT2D eigenvalue weighted by Crippen LogP contribution is -2.44. The maximum Gasteiger partial charge on any atom is 0.245 e. The Hall–Kier alpha value is -4.61. The summed E-state index contributed by atoms with van der Waals surface area (Å²) in [6.07, 6.45) is 8.58. The number of carbonyl (C=O) groups is 1. The van der Waals surface area contributed by atoms with Crippen LogP contribution in [0.15, 0.2) is 47.5 Å². The van der Waals surface area contributed by atoms with Crippen LogP contribution in [0.1, 0.15) is 35.4 Å². The van der Waals surface area contributed by atoms with Gasteiger partial charge in [0, 0.05) is 88.1 Å². The second kappa shape index (κ2) is 21.3. The Labute approximate surface area is 367 Å². The van der Waals surface area contributed by atoms with Crippen molar-refractivity contribution in [2.24, 2.45) is 0 Å². The van der Waals surface area contributed by atoms with Gasteiger partial charge in [0.1, 0.15) is 45.2 Å². The number of amides is 1. The number of piperazine rings is 2. The zero-order valence-corrected chi connectivity index (χ0v) is 37.2. The molecule has 4 aliphatic rings. The van der Waals surface area contributed by atoms with Gasteiger partial charge >= 0.3 is 0 Å². The monoisotopic (exact) mass is 886 g/mol. The van der Waals surface area contributed by atoms with Crippen LogP contribution in [-0.4, -0.2) is 154 Å². The average Bonchev–Trinajstić information content (AvgIpc) is 3.94. The van der Waals surface area contributed by atoms with Gasteiger partial charge in [-0.1, -0.05) is 52.8 Å². The highest BCUT2D eigenvalue weighted by Gasteiger charge is 2.25. The van der Waals surface area contributed by atoms with Crippen molar-refractivity contribution in [2.75, 3.05) is 113 Å². The van der Waals surface area contributed by atoms with Gasteiger partial charge in [-0.25, -0.2) is 29.9 Å². The van der Waals surface area contributed by atoms with E-state index in [9.17, 15) is 4.79 Å². The van der Waals surface area contributed by atoms with E-state index in [1.54, 1.807) is 35.9 Å².